The molecule has 0 saturated carbocycles. The van der Waals surface area contributed by atoms with Crippen LogP contribution in [-0.2, 0) is 6.54 Å². The van der Waals surface area contributed by atoms with Crippen molar-refractivity contribution in [2.75, 3.05) is 18.0 Å². The lowest BCUT2D eigenvalue weighted by Crippen LogP contribution is -2.27. The molecule has 1 saturated heterocycles. The minimum atomic E-state index is 0.358. The first kappa shape index (κ1) is 13.4. The first-order chi connectivity index (χ1) is 9.50. The average Bonchev–Trinajstić information content (AvgIpc) is 3.02. The van der Waals surface area contributed by atoms with Gasteiger partial charge in [0.05, 0.1) is 5.69 Å². The maximum absolute atomic E-state index is 5.96. The van der Waals surface area contributed by atoms with E-state index in [9.17, 15) is 0 Å². The zero-order chi connectivity index (χ0) is 14.3. The van der Waals surface area contributed by atoms with Gasteiger partial charge in [-0.15, -0.1) is 0 Å². The number of rotatable bonds is 2. The molecule has 3 rings (SSSR count). The normalized spacial score (nSPS) is 20.0. The summed E-state index contributed by atoms with van der Waals surface area (Å²) in [7, 11) is 0. The van der Waals surface area contributed by atoms with Crippen LogP contribution in [0.4, 0.5) is 5.82 Å². The van der Waals surface area contributed by atoms with Gasteiger partial charge in [0, 0.05) is 25.8 Å². The highest BCUT2D eigenvalue weighted by molar-refractivity contribution is 5.56. The van der Waals surface area contributed by atoms with Crippen molar-refractivity contribution in [3.8, 4) is 0 Å². The monoisotopic (exact) mass is 272 g/mol. The molecule has 1 atom stereocenters. The Labute approximate surface area is 120 Å². The second-order valence-electron chi connectivity index (χ2n) is 6.81. The zero-order valence-electron chi connectivity index (χ0n) is 12.6. The van der Waals surface area contributed by atoms with Crippen LogP contribution < -0.4 is 10.6 Å². The fourth-order valence-corrected chi connectivity index (χ4v) is 3.14. The highest BCUT2D eigenvalue weighted by Crippen LogP contribution is 2.36. The summed E-state index contributed by atoms with van der Waals surface area (Å²) in [6, 6.07) is 6.09. The summed E-state index contributed by atoms with van der Waals surface area (Å²) >= 11 is 0. The van der Waals surface area contributed by atoms with Gasteiger partial charge >= 0.3 is 0 Å². The number of nitrogens with two attached hydrogens (primary N) is 1. The summed E-state index contributed by atoms with van der Waals surface area (Å²) in [6.45, 7) is 9.68. The zero-order valence-corrected chi connectivity index (χ0v) is 12.6. The van der Waals surface area contributed by atoms with E-state index in [2.05, 4.69) is 30.1 Å². The third kappa shape index (κ3) is 2.18. The van der Waals surface area contributed by atoms with Crippen molar-refractivity contribution < 1.29 is 0 Å². The first-order valence-corrected chi connectivity index (χ1v) is 7.41. The molecule has 108 valence electrons. The van der Waals surface area contributed by atoms with Gasteiger partial charge in [-0.1, -0.05) is 26.8 Å². The van der Waals surface area contributed by atoms with Crippen molar-refractivity contribution in [3.05, 3.63) is 30.1 Å². The number of hydrogen-bond donors (Lipinski definition) is 1. The molecule has 0 spiro atoms. The number of nitrogens with zero attached hydrogens (tertiary/aromatic N) is 3. The summed E-state index contributed by atoms with van der Waals surface area (Å²) in [6.07, 6.45) is 3.28. The minimum Gasteiger partial charge on any atom is -0.355 e. The van der Waals surface area contributed by atoms with Crippen LogP contribution in [0.15, 0.2) is 24.4 Å². The molecule has 0 amide bonds. The van der Waals surface area contributed by atoms with E-state index in [1.54, 1.807) is 0 Å². The molecule has 2 N–H and O–H groups in total. The van der Waals surface area contributed by atoms with Gasteiger partial charge in [-0.05, 0) is 29.9 Å². The van der Waals surface area contributed by atoms with E-state index in [0.717, 1.165) is 36.2 Å². The number of imidazole rings is 1. The van der Waals surface area contributed by atoms with Gasteiger partial charge in [0.15, 0.2) is 5.82 Å². The van der Waals surface area contributed by atoms with E-state index < -0.39 is 0 Å². The van der Waals surface area contributed by atoms with Crippen molar-refractivity contribution in [2.45, 2.75) is 33.7 Å². The fourth-order valence-electron chi connectivity index (χ4n) is 3.14. The summed E-state index contributed by atoms with van der Waals surface area (Å²) in [5.41, 5.74) is 8.43. The molecule has 1 aliphatic heterocycles. The number of aromatic nitrogens is 2. The molecule has 4 heteroatoms. The van der Waals surface area contributed by atoms with Crippen LogP contribution in [0.25, 0.3) is 5.65 Å². The Kier molecular flexibility index (Phi) is 3.21. The quantitative estimate of drug-likeness (QED) is 0.914. The molecular formula is C16H24N4. The standard InChI is InChI=1S/C16H24N4/c1-16(2,3)12-7-9-19(11-12)15-13(10-17)20-8-5-4-6-14(20)18-15/h4-6,8,12H,7,9-11,17H2,1-3H3. The van der Waals surface area contributed by atoms with Crippen LogP contribution >= 0.6 is 0 Å². The van der Waals surface area contributed by atoms with Crippen molar-refractivity contribution in [1.82, 2.24) is 9.38 Å². The average molecular weight is 272 g/mol. The molecular weight excluding hydrogens is 248 g/mol. The van der Waals surface area contributed by atoms with Crippen molar-refractivity contribution >= 4 is 11.5 Å². The van der Waals surface area contributed by atoms with Gasteiger partial charge in [-0.3, -0.25) is 0 Å². The Balaban J connectivity index is 1.95. The molecule has 0 radical (unpaired) electrons. The topological polar surface area (TPSA) is 46.6 Å². The second-order valence-corrected chi connectivity index (χ2v) is 6.81. The molecule has 20 heavy (non-hydrogen) atoms. The van der Waals surface area contributed by atoms with Gasteiger partial charge in [-0.2, -0.15) is 0 Å². The van der Waals surface area contributed by atoms with E-state index >= 15 is 0 Å². The number of anilines is 1. The van der Waals surface area contributed by atoms with Crippen LogP contribution in [0.5, 0.6) is 0 Å². The third-order valence-corrected chi connectivity index (χ3v) is 4.51. The van der Waals surface area contributed by atoms with Gasteiger partial charge < -0.3 is 15.0 Å². The highest BCUT2D eigenvalue weighted by Gasteiger charge is 2.33. The van der Waals surface area contributed by atoms with E-state index in [1.165, 1.54) is 6.42 Å². The predicted molar refractivity (Wildman–Crippen MR) is 82.9 cm³/mol. The Morgan fingerprint density at radius 1 is 1.35 bits per heavy atom. The number of fused-ring (bicyclic) bond motifs is 1. The molecule has 1 unspecified atom stereocenters. The Morgan fingerprint density at radius 2 is 2.15 bits per heavy atom. The fraction of sp³-hybridized carbons (Fsp3) is 0.562. The number of pyridine rings is 1. The van der Waals surface area contributed by atoms with E-state index in [0.29, 0.717) is 12.0 Å². The van der Waals surface area contributed by atoms with E-state index in [1.807, 2.05) is 24.4 Å². The Bertz CT molecular complexity index is 608. The summed E-state index contributed by atoms with van der Waals surface area (Å²) in [4.78, 5) is 7.20. The van der Waals surface area contributed by atoms with Gasteiger partial charge in [0.1, 0.15) is 5.65 Å². The molecule has 0 aromatic carbocycles. The molecule has 4 nitrogen and oxygen atoms in total. The van der Waals surface area contributed by atoms with Crippen LogP contribution in [0.3, 0.4) is 0 Å². The lowest BCUT2D eigenvalue weighted by molar-refractivity contribution is 0.263. The van der Waals surface area contributed by atoms with Crippen LogP contribution in [0.2, 0.25) is 0 Å². The smallest absolute Gasteiger partial charge is 0.152 e. The van der Waals surface area contributed by atoms with Crippen molar-refractivity contribution in [3.63, 3.8) is 0 Å². The number of hydrogen-bond acceptors (Lipinski definition) is 3. The second kappa shape index (κ2) is 4.77. The Morgan fingerprint density at radius 3 is 2.80 bits per heavy atom. The van der Waals surface area contributed by atoms with E-state index in [4.69, 9.17) is 10.7 Å². The molecule has 2 aromatic rings. The molecule has 1 fully saturated rings. The molecule has 1 aliphatic rings. The largest absolute Gasteiger partial charge is 0.355 e. The maximum Gasteiger partial charge on any atom is 0.152 e. The van der Waals surface area contributed by atoms with Gasteiger partial charge in [-0.25, -0.2) is 4.98 Å². The first-order valence-electron chi connectivity index (χ1n) is 7.41. The highest BCUT2D eigenvalue weighted by atomic mass is 15.2. The lowest BCUT2D eigenvalue weighted by Gasteiger charge is -2.27. The van der Waals surface area contributed by atoms with Crippen molar-refractivity contribution in [1.29, 1.82) is 0 Å². The Hall–Kier alpha value is -1.55. The van der Waals surface area contributed by atoms with Gasteiger partial charge in [0.2, 0.25) is 0 Å². The maximum atomic E-state index is 5.96. The summed E-state index contributed by atoms with van der Waals surface area (Å²) < 4.78 is 2.11. The molecule has 3 heterocycles. The molecule has 0 bridgehead atoms. The molecule has 2 aromatic heterocycles. The minimum absolute atomic E-state index is 0.358. The SMILES string of the molecule is CC(C)(C)C1CCN(c2nc3ccccn3c2CN)C1. The summed E-state index contributed by atoms with van der Waals surface area (Å²) in [5.74, 6) is 1.79. The molecule has 0 aliphatic carbocycles. The van der Waals surface area contributed by atoms with Crippen LogP contribution in [-0.4, -0.2) is 22.5 Å². The van der Waals surface area contributed by atoms with Crippen LogP contribution in [0.1, 0.15) is 32.9 Å². The lowest BCUT2D eigenvalue weighted by atomic mass is 9.80. The van der Waals surface area contributed by atoms with E-state index in [-0.39, 0.29) is 0 Å². The van der Waals surface area contributed by atoms with Crippen molar-refractivity contribution in [2.24, 2.45) is 17.1 Å². The van der Waals surface area contributed by atoms with Crippen LogP contribution in [0, 0.1) is 11.3 Å². The third-order valence-electron chi connectivity index (χ3n) is 4.51. The van der Waals surface area contributed by atoms with Gasteiger partial charge in [0.25, 0.3) is 0 Å². The predicted octanol–water partition coefficient (Wildman–Crippen LogP) is 2.67. The summed E-state index contributed by atoms with van der Waals surface area (Å²) in [5, 5.41) is 0.